The van der Waals surface area contributed by atoms with Crippen LogP contribution in [0.3, 0.4) is 0 Å². The number of carbonyl (C=O) groups is 1. The number of hydrogen-bond donors (Lipinski definition) is 1. The van der Waals surface area contributed by atoms with Crippen LogP contribution < -0.4 is 15.0 Å². The van der Waals surface area contributed by atoms with E-state index in [9.17, 15) is 4.79 Å². The fourth-order valence-electron chi connectivity index (χ4n) is 3.72. The van der Waals surface area contributed by atoms with Crippen molar-refractivity contribution in [3.8, 4) is 17.1 Å². The molecule has 0 unspecified atom stereocenters. The predicted molar refractivity (Wildman–Crippen MR) is 121 cm³/mol. The molecule has 3 heterocycles. The maximum absolute atomic E-state index is 12.2. The second-order valence-electron chi connectivity index (χ2n) is 8.05. The van der Waals surface area contributed by atoms with Crippen molar-refractivity contribution < 1.29 is 18.7 Å². The van der Waals surface area contributed by atoms with Gasteiger partial charge >= 0.3 is 11.9 Å². The Morgan fingerprint density at radius 1 is 1.34 bits per heavy atom. The van der Waals surface area contributed by atoms with Crippen LogP contribution in [0, 0.1) is 12.8 Å². The normalized spacial score (nSPS) is 15.8. The Morgan fingerprint density at radius 2 is 2.16 bits per heavy atom. The SMILES string of the molecule is COC(=O)N1C=C(Nc2ccc(-c3ocnc3C)c(OC)c2)C2=NC(CC(C)C)=C[N+]2C1. The summed E-state index contributed by atoms with van der Waals surface area (Å²) in [6.07, 6.45) is 5.52. The summed E-state index contributed by atoms with van der Waals surface area (Å²) in [6, 6.07) is 5.70. The summed E-state index contributed by atoms with van der Waals surface area (Å²) in [5.41, 5.74) is 4.03. The summed E-state index contributed by atoms with van der Waals surface area (Å²) < 4.78 is 16.0. The lowest BCUT2D eigenvalue weighted by Gasteiger charge is -2.23. The van der Waals surface area contributed by atoms with Crippen molar-refractivity contribution in [1.82, 2.24) is 14.8 Å². The molecule has 0 bridgehead atoms. The highest BCUT2D eigenvalue weighted by Gasteiger charge is 2.40. The molecule has 1 N–H and O–H groups in total. The number of fused-ring (bicyclic) bond motifs is 1. The van der Waals surface area contributed by atoms with Gasteiger partial charge in [-0.05, 0) is 31.4 Å². The van der Waals surface area contributed by atoms with E-state index in [0.717, 1.165) is 34.9 Å². The quantitative estimate of drug-likeness (QED) is 0.674. The molecular formula is C23H27N5O4+. The molecule has 1 aromatic heterocycles. The average molecular weight is 438 g/mol. The number of benzene rings is 1. The van der Waals surface area contributed by atoms with Crippen molar-refractivity contribution in [1.29, 1.82) is 0 Å². The molecule has 0 saturated heterocycles. The molecule has 1 radical (unpaired) electrons. The van der Waals surface area contributed by atoms with Crippen LogP contribution in [-0.4, -0.2) is 42.7 Å². The van der Waals surface area contributed by atoms with Gasteiger partial charge in [0.2, 0.25) is 6.67 Å². The number of allylic oxidation sites excluding steroid dienone is 1. The van der Waals surface area contributed by atoms with E-state index in [2.05, 4.69) is 24.1 Å². The van der Waals surface area contributed by atoms with Gasteiger partial charge in [-0.25, -0.2) is 14.7 Å². The molecule has 2 aromatic rings. The number of oxazole rings is 1. The van der Waals surface area contributed by atoms with E-state index in [1.807, 2.05) is 36.2 Å². The third-order valence-electron chi connectivity index (χ3n) is 5.15. The van der Waals surface area contributed by atoms with Gasteiger partial charge in [-0.3, -0.25) is 0 Å². The molecule has 2 aliphatic heterocycles. The van der Waals surface area contributed by atoms with Crippen molar-refractivity contribution in [3.63, 3.8) is 0 Å². The first kappa shape index (κ1) is 21.6. The number of nitrogens with zero attached hydrogens (tertiary/aromatic N) is 4. The standard InChI is InChI=1S/C23H27N5O4/c1-14(2)8-17-10-27-13-28(23(29)31-5)11-19(22(27)26-17)25-16-6-7-18(20(9-16)30-4)21-15(3)24-12-32-21/h6-7,9-12,14,25H,8,13H2,1-5H3/q+1. The highest BCUT2D eigenvalue weighted by atomic mass is 16.5. The van der Waals surface area contributed by atoms with E-state index in [0.29, 0.717) is 29.8 Å². The number of hydrogen-bond acceptors (Lipinski definition) is 8. The van der Waals surface area contributed by atoms with Gasteiger partial charge in [-0.2, -0.15) is 4.99 Å². The maximum atomic E-state index is 12.2. The highest BCUT2D eigenvalue weighted by Crippen LogP contribution is 2.35. The highest BCUT2D eigenvalue weighted by molar-refractivity contribution is 6.06. The van der Waals surface area contributed by atoms with Crippen LogP contribution >= 0.6 is 0 Å². The predicted octanol–water partition coefficient (Wildman–Crippen LogP) is 4.39. The van der Waals surface area contributed by atoms with Crippen molar-refractivity contribution in [2.24, 2.45) is 10.9 Å². The molecule has 0 spiro atoms. The van der Waals surface area contributed by atoms with Crippen LogP contribution in [0.15, 0.2) is 57.8 Å². The van der Waals surface area contributed by atoms with Crippen molar-refractivity contribution >= 4 is 17.6 Å². The molecule has 2 aliphatic rings. The van der Waals surface area contributed by atoms with Crippen LogP contribution in [0.25, 0.3) is 11.3 Å². The van der Waals surface area contributed by atoms with Gasteiger partial charge in [0, 0.05) is 18.0 Å². The first-order valence-corrected chi connectivity index (χ1v) is 10.4. The lowest BCUT2D eigenvalue weighted by Crippen LogP contribution is -2.47. The summed E-state index contributed by atoms with van der Waals surface area (Å²) >= 11 is 0. The number of methoxy groups -OCH3 is 2. The second-order valence-corrected chi connectivity index (χ2v) is 8.05. The number of ether oxygens (including phenoxy) is 2. The molecule has 1 aromatic carbocycles. The van der Waals surface area contributed by atoms with Gasteiger partial charge in [-0.15, -0.1) is 0 Å². The maximum Gasteiger partial charge on any atom is 0.418 e. The number of amidine groups is 1. The Bertz CT molecular complexity index is 1120. The van der Waals surface area contributed by atoms with Crippen molar-refractivity contribution in [2.45, 2.75) is 27.2 Å². The number of aryl methyl sites for hydroxylation is 1. The molecule has 32 heavy (non-hydrogen) atoms. The molecule has 0 atom stereocenters. The minimum atomic E-state index is -0.442. The zero-order chi connectivity index (χ0) is 22.8. The summed E-state index contributed by atoms with van der Waals surface area (Å²) in [7, 11) is 2.98. The van der Waals surface area contributed by atoms with Crippen molar-refractivity contribution in [3.05, 3.63) is 54.1 Å². The lowest BCUT2D eigenvalue weighted by molar-refractivity contribution is 0.135. The van der Waals surface area contributed by atoms with E-state index in [1.165, 1.54) is 18.4 Å². The number of amides is 1. The number of rotatable bonds is 6. The zero-order valence-electron chi connectivity index (χ0n) is 18.9. The van der Waals surface area contributed by atoms with E-state index < -0.39 is 6.09 Å². The fourth-order valence-corrected chi connectivity index (χ4v) is 3.72. The number of aromatic nitrogens is 1. The third kappa shape index (κ3) is 4.24. The topological polar surface area (TPSA) is 95.1 Å². The molecule has 4 rings (SSSR count). The number of aliphatic imine (C=N–C) groups is 1. The minimum Gasteiger partial charge on any atom is -0.496 e. The van der Waals surface area contributed by atoms with Crippen LogP contribution in [0.5, 0.6) is 5.75 Å². The largest absolute Gasteiger partial charge is 0.496 e. The molecule has 0 aliphatic carbocycles. The van der Waals surface area contributed by atoms with Gasteiger partial charge in [0.15, 0.2) is 18.4 Å². The van der Waals surface area contributed by atoms with E-state index in [4.69, 9.17) is 18.9 Å². The number of nitrogens with one attached hydrogen (secondary N) is 1. The molecule has 1 amide bonds. The van der Waals surface area contributed by atoms with E-state index in [-0.39, 0.29) is 0 Å². The van der Waals surface area contributed by atoms with Crippen LogP contribution in [0.1, 0.15) is 26.0 Å². The Labute approximate surface area is 187 Å². The van der Waals surface area contributed by atoms with E-state index >= 15 is 0 Å². The van der Waals surface area contributed by atoms with Gasteiger partial charge in [0.25, 0.3) is 0 Å². The Morgan fingerprint density at radius 3 is 2.81 bits per heavy atom. The van der Waals surface area contributed by atoms with Gasteiger partial charge < -0.3 is 19.2 Å². The molecule has 167 valence electrons. The Kier molecular flexibility index (Phi) is 6.00. The van der Waals surface area contributed by atoms with Crippen molar-refractivity contribution in [2.75, 3.05) is 26.2 Å². The molecule has 0 fully saturated rings. The number of carbonyl (C=O) groups excluding carboxylic acids is 1. The third-order valence-corrected chi connectivity index (χ3v) is 5.15. The van der Waals surface area contributed by atoms with Gasteiger partial charge in [-0.1, -0.05) is 18.7 Å². The number of anilines is 1. The molecule has 9 nitrogen and oxygen atoms in total. The molecule has 9 heteroatoms. The Hall–Kier alpha value is -3.59. The van der Waals surface area contributed by atoms with Crippen LogP contribution in [-0.2, 0) is 4.74 Å². The molecule has 0 saturated carbocycles. The molecular weight excluding hydrogens is 410 g/mol. The zero-order valence-corrected chi connectivity index (χ0v) is 18.9. The lowest BCUT2D eigenvalue weighted by atomic mass is 10.1. The summed E-state index contributed by atoms with van der Waals surface area (Å²) in [6.45, 7) is 6.52. The smallest absolute Gasteiger partial charge is 0.418 e. The Balaban J connectivity index is 1.66. The van der Waals surface area contributed by atoms with Gasteiger partial charge in [0.05, 0.1) is 25.5 Å². The van der Waals surface area contributed by atoms with E-state index in [1.54, 1.807) is 13.3 Å². The monoisotopic (exact) mass is 437 g/mol. The minimum absolute atomic E-state index is 0.339. The second kappa shape index (κ2) is 8.88. The first-order valence-electron chi connectivity index (χ1n) is 10.4. The van der Waals surface area contributed by atoms with Gasteiger partial charge in [0.1, 0.15) is 17.1 Å². The van der Waals surface area contributed by atoms with Crippen LogP contribution in [0.2, 0.25) is 0 Å². The first-order chi connectivity index (χ1) is 15.4. The summed E-state index contributed by atoms with van der Waals surface area (Å²) in [5, 5.41) is 3.38. The fraction of sp³-hybridized carbons (Fsp3) is 0.348. The summed E-state index contributed by atoms with van der Waals surface area (Å²) in [5.74, 6) is 2.53. The summed E-state index contributed by atoms with van der Waals surface area (Å²) in [4.78, 5) is 24.6. The van der Waals surface area contributed by atoms with Crippen LogP contribution in [0.4, 0.5) is 10.5 Å². The average Bonchev–Trinajstić information content (AvgIpc) is 3.38.